The third kappa shape index (κ3) is 0.726. The van der Waals surface area contributed by atoms with Crippen molar-refractivity contribution in [2.24, 2.45) is 5.92 Å². The van der Waals surface area contributed by atoms with E-state index in [1.165, 1.54) is 0 Å². The van der Waals surface area contributed by atoms with Crippen molar-refractivity contribution in [1.29, 1.82) is 0 Å². The molecule has 1 aliphatic carbocycles. The first-order valence-corrected chi connectivity index (χ1v) is 4.17. The highest BCUT2D eigenvalue weighted by molar-refractivity contribution is 8.05. The molecule has 0 radical (unpaired) electrons. The molecular formula is C9H8S. The van der Waals surface area contributed by atoms with Crippen molar-refractivity contribution in [3.63, 3.8) is 0 Å². The fourth-order valence-electron chi connectivity index (χ4n) is 1.21. The molecule has 1 heterocycles. The Balaban J connectivity index is 2.37. The summed E-state index contributed by atoms with van der Waals surface area (Å²) in [6.45, 7) is 2.22. The molecule has 1 heteroatoms. The lowest BCUT2D eigenvalue weighted by molar-refractivity contribution is 0.687. The van der Waals surface area contributed by atoms with Crippen LogP contribution in [0, 0.1) is 17.1 Å². The molecule has 2 atom stereocenters. The number of hydrogen-bond acceptors (Lipinski definition) is 1. The van der Waals surface area contributed by atoms with E-state index in [2.05, 4.69) is 42.4 Å². The molecular weight excluding hydrogens is 140 g/mol. The lowest BCUT2D eigenvalue weighted by atomic mass is 9.90. The summed E-state index contributed by atoms with van der Waals surface area (Å²) in [6, 6.07) is 0. The summed E-state index contributed by atoms with van der Waals surface area (Å²) in [5.41, 5.74) is 0. The van der Waals surface area contributed by atoms with Gasteiger partial charge in [-0.25, -0.2) is 0 Å². The van der Waals surface area contributed by atoms with Gasteiger partial charge in [-0.3, -0.25) is 0 Å². The van der Waals surface area contributed by atoms with Crippen LogP contribution in [0.1, 0.15) is 6.92 Å². The highest BCUT2D eigenvalue weighted by Gasteiger charge is 2.33. The van der Waals surface area contributed by atoms with Crippen LogP contribution in [-0.4, -0.2) is 4.75 Å². The molecule has 50 valence electrons. The van der Waals surface area contributed by atoms with Crippen LogP contribution >= 0.6 is 11.8 Å². The summed E-state index contributed by atoms with van der Waals surface area (Å²) in [5, 5.41) is 3.07. The summed E-state index contributed by atoms with van der Waals surface area (Å²) in [7, 11) is 0. The molecule has 0 aromatic heterocycles. The van der Waals surface area contributed by atoms with Gasteiger partial charge in [0.25, 0.3) is 0 Å². The van der Waals surface area contributed by atoms with Gasteiger partial charge in [-0.2, -0.15) is 0 Å². The van der Waals surface area contributed by atoms with Gasteiger partial charge >= 0.3 is 0 Å². The van der Waals surface area contributed by atoms with Crippen molar-refractivity contribution in [3.8, 4) is 11.2 Å². The summed E-state index contributed by atoms with van der Waals surface area (Å²) in [6.07, 6.45) is 8.56. The van der Waals surface area contributed by atoms with Gasteiger partial charge < -0.3 is 0 Å². The zero-order valence-electron chi connectivity index (χ0n) is 5.79. The molecule has 0 saturated carbocycles. The van der Waals surface area contributed by atoms with Crippen molar-refractivity contribution >= 4 is 11.8 Å². The van der Waals surface area contributed by atoms with E-state index in [4.69, 9.17) is 0 Å². The van der Waals surface area contributed by atoms with Crippen LogP contribution in [0.15, 0.2) is 24.3 Å². The fourth-order valence-corrected chi connectivity index (χ4v) is 2.03. The largest absolute Gasteiger partial charge is 0.0818 e. The zero-order chi connectivity index (χ0) is 7.03. The van der Waals surface area contributed by atoms with Crippen LogP contribution in [0.25, 0.3) is 0 Å². The van der Waals surface area contributed by atoms with Crippen LogP contribution in [-0.2, 0) is 0 Å². The molecule has 0 spiro atoms. The molecule has 0 saturated heterocycles. The molecule has 2 unspecified atom stereocenters. The summed E-state index contributed by atoms with van der Waals surface area (Å²) in [4.78, 5) is 0. The smallest absolute Gasteiger partial charge is 0.0609 e. The predicted molar refractivity (Wildman–Crippen MR) is 45.5 cm³/mol. The second-order valence-electron chi connectivity index (χ2n) is 2.75. The Morgan fingerprint density at radius 3 is 3.20 bits per heavy atom. The maximum atomic E-state index is 3.17. The first kappa shape index (κ1) is 6.12. The van der Waals surface area contributed by atoms with Crippen molar-refractivity contribution in [3.05, 3.63) is 24.3 Å². The third-order valence-electron chi connectivity index (χ3n) is 1.94. The SMILES string of the molecule is CC12C=CC=CC1C#CS2. The summed E-state index contributed by atoms with van der Waals surface area (Å²) >= 11 is 1.73. The monoisotopic (exact) mass is 148 g/mol. The molecule has 1 aliphatic heterocycles. The topological polar surface area (TPSA) is 0 Å². The summed E-state index contributed by atoms with van der Waals surface area (Å²) < 4.78 is 0.217. The molecule has 2 aliphatic rings. The molecule has 0 bridgehead atoms. The van der Waals surface area contributed by atoms with Gasteiger partial charge in [0.1, 0.15) is 0 Å². The molecule has 0 fully saturated rings. The standard InChI is InChI=1S/C9H8S/c1-9-6-3-2-4-8(9)5-7-10-9/h2-4,6,8H,1H3. The van der Waals surface area contributed by atoms with E-state index in [1.807, 2.05) is 0 Å². The van der Waals surface area contributed by atoms with Crippen LogP contribution in [0.2, 0.25) is 0 Å². The lowest BCUT2D eigenvalue weighted by Gasteiger charge is -2.24. The Morgan fingerprint density at radius 2 is 2.40 bits per heavy atom. The molecule has 0 amide bonds. The van der Waals surface area contributed by atoms with Crippen LogP contribution in [0.3, 0.4) is 0 Å². The maximum Gasteiger partial charge on any atom is 0.0609 e. The van der Waals surface area contributed by atoms with Crippen LogP contribution in [0.4, 0.5) is 0 Å². The molecule has 10 heavy (non-hydrogen) atoms. The second-order valence-corrected chi connectivity index (χ2v) is 4.04. The van der Waals surface area contributed by atoms with E-state index >= 15 is 0 Å². The van der Waals surface area contributed by atoms with E-state index in [1.54, 1.807) is 11.8 Å². The second kappa shape index (κ2) is 1.93. The Morgan fingerprint density at radius 1 is 1.50 bits per heavy atom. The van der Waals surface area contributed by atoms with Crippen molar-refractivity contribution in [2.75, 3.05) is 0 Å². The number of hydrogen-bond donors (Lipinski definition) is 0. The molecule has 2 rings (SSSR count). The van der Waals surface area contributed by atoms with Crippen LogP contribution < -0.4 is 0 Å². The Bertz CT molecular complexity index is 264. The van der Waals surface area contributed by atoms with Gasteiger partial charge in [0.2, 0.25) is 0 Å². The highest BCUT2D eigenvalue weighted by Crippen LogP contribution is 2.40. The minimum absolute atomic E-state index is 0.217. The minimum Gasteiger partial charge on any atom is -0.0818 e. The van der Waals surface area contributed by atoms with E-state index in [0.717, 1.165) is 0 Å². The van der Waals surface area contributed by atoms with E-state index in [0.29, 0.717) is 5.92 Å². The average Bonchev–Trinajstić information content (AvgIpc) is 2.29. The maximum absolute atomic E-state index is 3.17. The first-order chi connectivity index (χ1) is 4.81. The number of rotatable bonds is 0. The van der Waals surface area contributed by atoms with E-state index < -0.39 is 0 Å². The van der Waals surface area contributed by atoms with Gasteiger partial charge in [-0.05, 0) is 12.2 Å². The normalized spacial score (nSPS) is 40.7. The van der Waals surface area contributed by atoms with Gasteiger partial charge in [-0.15, -0.1) is 0 Å². The van der Waals surface area contributed by atoms with E-state index in [9.17, 15) is 0 Å². The van der Waals surface area contributed by atoms with Gasteiger partial charge in [-0.1, -0.05) is 42.0 Å². The van der Waals surface area contributed by atoms with Crippen molar-refractivity contribution in [2.45, 2.75) is 11.7 Å². The molecule has 0 aromatic carbocycles. The number of allylic oxidation sites excluding steroid dienone is 3. The van der Waals surface area contributed by atoms with Crippen molar-refractivity contribution < 1.29 is 0 Å². The number of thioether (sulfide) groups is 1. The molecule has 0 aromatic rings. The van der Waals surface area contributed by atoms with Gasteiger partial charge in [0, 0.05) is 0 Å². The van der Waals surface area contributed by atoms with Crippen molar-refractivity contribution in [1.82, 2.24) is 0 Å². The molecule has 0 nitrogen and oxygen atoms in total. The lowest BCUT2D eigenvalue weighted by Crippen LogP contribution is -2.24. The van der Waals surface area contributed by atoms with Gasteiger partial charge in [0.05, 0.1) is 10.7 Å². The van der Waals surface area contributed by atoms with E-state index in [-0.39, 0.29) is 4.75 Å². The highest BCUT2D eigenvalue weighted by atomic mass is 32.2. The fraction of sp³-hybridized carbons (Fsp3) is 0.333. The Hall–Kier alpha value is -0.610. The molecule has 0 N–H and O–H groups in total. The predicted octanol–water partition coefficient (Wildman–Crippen LogP) is 2.20. The van der Waals surface area contributed by atoms with Gasteiger partial charge in [0.15, 0.2) is 0 Å². The average molecular weight is 148 g/mol. The Labute approximate surface area is 65.4 Å². The summed E-state index contributed by atoms with van der Waals surface area (Å²) in [5.74, 6) is 3.62. The zero-order valence-corrected chi connectivity index (χ0v) is 6.61. The number of fused-ring (bicyclic) bond motifs is 1. The van der Waals surface area contributed by atoms with Crippen LogP contribution in [0.5, 0.6) is 0 Å². The quantitative estimate of drug-likeness (QED) is 0.474. The third-order valence-corrected chi connectivity index (χ3v) is 2.99. The Kier molecular flexibility index (Phi) is 1.18. The minimum atomic E-state index is 0.217. The first-order valence-electron chi connectivity index (χ1n) is 3.36.